The van der Waals surface area contributed by atoms with Crippen molar-refractivity contribution in [3.8, 4) is 0 Å². The molecule has 0 aliphatic rings. The summed E-state index contributed by atoms with van der Waals surface area (Å²) in [6, 6.07) is 0. The van der Waals surface area contributed by atoms with Crippen molar-refractivity contribution in [2.45, 2.75) is 46.5 Å². The third kappa shape index (κ3) is 12.3. The van der Waals surface area contributed by atoms with E-state index < -0.39 is 10.1 Å². The van der Waals surface area contributed by atoms with Crippen molar-refractivity contribution in [1.29, 1.82) is 0 Å². The van der Waals surface area contributed by atoms with Gasteiger partial charge >= 0.3 is 0 Å². The van der Waals surface area contributed by atoms with Crippen molar-refractivity contribution >= 4 is 10.1 Å². The number of hydrogen-bond acceptors (Lipinski definition) is 3. The fourth-order valence-electron chi connectivity index (χ4n) is 1.84. The highest BCUT2D eigenvalue weighted by Crippen LogP contribution is 2.15. The molecule has 4 nitrogen and oxygen atoms in total. The molecule has 0 amide bonds. The summed E-state index contributed by atoms with van der Waals surface area (Å²) in [5.74, 6) is 1.28. The minimum Gasteiger partial charge on any atom is -0.305 e. The molecular formula is C13H29NO3S. The molecule has 0 aromatic rings. The summed E-state index contributed by atoms with van der Waals surface area (Å²) in [6.07, 6.45) is 4.88. The Balaban J connectivity index is 3.62. The standard InChI is InChI=1S/C13H29NO3S/c1-12(2)6-5-7-13(3)8-9-14(4)10-11-18(15,16)17/h12-13H,5-11H2,1-4H3,(H,15,16,17). The highest BCUT2D eigenvalue weighted by molar-refractivity contribution is 7.85. The van der Waals surface area contributed by atoms with Crippen LogP contribution in [-0.4, -0.2) is 43.8 Å². The quantitative estimate of drug-likeness (QED) is 0.625. The Labute approximate surface area is 113 Å². The van der Waals surface area contributed by atoms with Crippen molar-refractivity contribution in [1.82, 2.24) is 4.90 Å². The van der Waals surface area contributed by atoms with Gasteiger partial charge in [-0.3, -0.25) is 4.55 Å². The van der Waals surface area contributed by atoms with Gasteiger partial charge in [0.05, 0.1) is 5.75 Å². The summed E-state index contributed by atoms with van der Waals surface area (Å²) in [5, 5.41) is 0. The van der Waals surface area contributed by atoms with Crippen LogP contribution in [0.2, 0.25) is 0 Å². The molecule has 0 aromatic heterocycles. The second kappa shape index (κ2) is 8.88. The van der Waals surface area contributed by atoms with Gasteiger partial charge in [-0.25, -0.2) is 0 Å². The van der Waals surface area contributed by atoms with E-state index in [0.717, 1.165) is 18.9 Å². The van der Waals surface area contributed by atoms with Crippen LogP contribution in [0.25, 0.3) is 0 Å². The fourth-order valence-corrected chi connectivity index (χ4v) is 2.39. The molecule has 0 spiro atoms. The van der Waals surface area contributed by atoms with Gasteiger partial charge in [0.15, 0.2) is 0 Å². The lowest BCUT2D eigenvalue weighted by atomic mass is 9.97. The molecule has 0 fully saturated rings. The van der Waals surface area contributed by atoms with Crippen LogP contribution < -0.4 is 0 Å². The summed E-state index contributed by atoms with van der Waals surface area (Å²) < 4.78 is 29.9. The van der Waals surface area contributed by atoms with Crippen molar-refractivity contribution in [2.75, 3.05) is 25.9 Å². The first kappa shape index (κ1) is 17.9. The first-order valence-corrected chi connectivity index (χ1v) is 8.45. The maximum Gasteiger partial charge on any atom is 0.266 e. The van der Waals surface area contributed by atoms with E-state index in [-0.39, 0.29) is 5.75 Å². The molecule has 0 aromatic carbocycles. The molecule has 0 bridgehead atoms. The molecule has 0 aliphatic carbocycles. The third-order valence-electron chi connectivity index (χ3n) is 3.21. The van der Waals surface area contributed by atoms with Crippen LogP contribution in [0, 0.1) is 11.8 Å². The molecule has 5 heteroatoms. The van der Waals surface area contributed by atoms with Gasteiger partial charge in [-0.05, 0) is 31.8 Å². The van der Waals surface area contributed by atoms with Crippen LogP contribution in [0.1, 0.15) is 46.5 Å². The lowest BCUT2D eigenvalue weighted by Gasteiger charge is -2.19. The van der Waals surface area contributed by atoms with E-state index in [2.05, 4.69) is 20.8 Å². The summed E-state index contributed by atoms with van der Waals surface area (Å²) in [7, 11) is -1.93. The summed E-state index contributed by atoms with van der Waals surface area (Å²) in [5.41, 5.74) is 0. The van der Waals surface area contributed by atoms with Crippen LogP contribution in [0.15, 0.2) is 0 Å². The first-order chi connectivity index (χ1) is 8.20. The predicted octanol–water partition coefficient (Wildman–Crippen LogP) is 2.66. The summed E-state index contributed by atoms with van der Waals surface area (Å²) in [6.45, 7) is 8.02. The second-order valence-electron chi connectivity index (χ2n) is 5.81. The number of hydrogen-bond donors (Lipinski definition) is 1. The molecule has 18 heavy (non-hydrogen) atoms. The second-order valence-corrected chi connectivity index (χ2v) is 7.38. The Kier molecular flexibility index (Phi) is 8.82. The predicted molar refractivity (Wildman–Crippen MR) is 76.4 cm³/mol. The van der Waals surface area contributed by atoms with Crippen molar-refractivity contribution in [2.24, 2.45) is 11.8 Å². The Hall–Kier alpha value is -0.130. The lowest BCUT2D eigenvalue weighted by Crippen LogP contribution is -2.27. The molecule has 0 saturated heterocycles. The topological polar surface area (TPSA) is 57.6 Å². The van der Waals surface area contributed by atoms with E-state index in [1.807, 2.05) is 11.9 Å². The van der Waals surface area contributed by atoms with Crippen LogP contribution in [-0.2, 0) is 10.1 Å². The molecular weight excluding hydrogens is 250 g/mol. The van der Waals surface area contributed by atoms with Gasteiger partial charge in [-0.1, -0.05) is 40.0 Å². The molecule has 1 unspecified atom stereocenters. The average Bonchev–Trinajstić information content (AvgIpc) is 2.22. The van der Waals surface area contributed by atoms with E-state index in [1.165, 1.54) is 19.3 Å². The number of nitrogens with zero attached hydrogens (tertiary/aromatic N) is 1. The molecule has 110 valence electrons. The van der Waals surface area contributed by atoms with Crippen LogP contribution in [0.5, 0.6) is 0 Å². The monoisotopic (exact) mass is 279 g/mol. The number of rotatable bonds is 10. The largest absolute Gasteiger partial charge is 0.305 e. The Morgan fingerprint density at radius 3 is 2.17 bits per heavy atom. The molecule has 0 radical (unpaired) electrons. The normalized spacial score (nSPS) is 14.4. The third-order valence-corrected chi connectivity index (χ3v) is 3.91. The van der Waals surface area contributed by atoms with Crippen molar-refractivity contribution < 1.29 is 13.0 Å². The molecule has 0 heterocycles. The molecule has 0 saturated carbocycles. The molecule has 0 aliphatic heterocycles. The van der Waals surface area contributed by atoms with Crippen LogP contribution in [0.4, 0.5) is 0 Å². The first-order valence-electron chi connectivity index (χ1n) is 6.84. The van der Waals surface area contributed by atoms with E-state index in [1.54, 1.807) is 0 Å². The van der Waals surface area contributed by atoms with Gasteiger partial charge in [-0.15, -0.1) is 0 Å². The van der Waals surface area contributed by atoms with Crippen LogP contribution in [0.3, 0.4) is 0 Å². The summed E-state index contributed by atoms with van der Waals surface area (Å²) >= 11 is 0. The van der Waals surface area contributed by atoms with Gasteiger partial charge in [-0.2, -0.15) is 8.42 Å². The zero-order chi connectivity index (χ0) is 14.2. The summed E-state index contributed by atoms with van der Waals surface area (Å²) in [4.78, 5) is 1.96. The van der Waals surface area contributed by atoms with Crippen molar-refractivity contribution in [3.05, 3.63) is 0 Å². The minimum atomic E-state index is -3.82. The van der Waals surface area contributed by atoms with E-state index in [0.29, 0.717) is 12.5 Å². The Morgan fingerprint density at radius 2 is 1.67 bits per heavy atom. The van der Waals surface area contributed by atoms with E-state index in [4.69, 9.17) is 4.55 Å². The van der Waals surface area contributed by atoms with Gasteiger partial charge in [0.2, 0.25) is 0 Å². The van der Waals surface area contributed by atoms with E-state index in [9.17, 15) is 8.42 Å². The molecule has 1 atom stereocenters. The zero-order valence-electron chi connectivity index (χ0n) is 12.2. The highest BCUT2D eigenvalue weighted by atomic mass is 32.2. The SMILES string of the molecule is CC(C)CCCC(C)CCN(C)CCS(=O)(=O)O. The maximum atomic E-state index is 10.6. The Bertz CT molecular complexity index is 301. The lowest BCUT2D eigenvalue weighted by molar-refractivity contribution is 0.307. The van der Waals surface area contributed by atoms with Crippen molar-refractivity contribution in [3.63, 3.8) is 0 Å². The molecule has 0 rings (SSSR count). The zero-order valence-corrected chi connectivity index (χ0v) is 13.0. The van der Waals surface area contributed by atoms with E-state index >= 15 is 0 Å². The average molecular weight is 279 g/mol. The maximum absolute atomic E-state index is 10.6. The van der Waals surface area contributed by atoms with Gasteiger partial charge in [0.25, 0.3) is 10.1 Å². The fraction of sp³-hybridized carbons (Fsp3) is 1.00. The van der Waals surface area contributed by atoms with Gasteiger partial charge in [0.1, 0.15) is 0 Å². The molecule has 1 N–H and O–H groups in total. The highest BCUT2D eigenvalue weighted by Gasteiger charge is 2.09. The minimum absolute atomic E-state index is 0.175. The van der Waals surface area contributed by atoms with Gasteiger partial charge < -0.3 is 4.90 Å². The van der Waals surface area contributed by atoms with Gasteiger partial charge in [0, 0.05) is 6.54 Å². The Morgan fingerprint density at radius 1 is 1.06 bits per heavy atom. The smallest absolute Gasteiger partial charge is 0.266 e. The van der Waals surface area contributed by atoms with Crippen LogP contribution >= 0.6 is 0 Å².